The van der Waals surface area contributed by atoms with Gasteiger partial charge >= 0.3 is 0 Å². The molecule has 0 radical (unpaired) electrons. The number of nitrogens with one attached hydrogen (secondary N) is 1. The summed E-state index contributed by atoms with van der Waals surface area (Å²) >= 11 is 0. The zero-order valence-corrected chi connectivity index (χ0v) is 17.1. The van der Waals surface area contributed by atoms with Gasteiger partial charge < -0.3 is 10.2 Å². The van der Waals surface area contributed by atoms with Gasteiger partial charge in [-0.15, -0.1) is 0 Å². The number of carbonyl (C=O) groups excluding carboxylic acids is 2. The summed E-state index contributed by atoms with van der Waals surface area (Å²) in [7, 11) is -3.70. The molecule has 1 N–H and O–H groups in total. The number of para-hydroxylation sites is 1. The van der Waals surface area contributed by atoms with Crippen molar-refractivity contribution in [3.8, 4) is 0 Å². The van der Waals surface area contributed by atoms with Crippen LogP contribution in [0.5, 0.6) is 0 Å². The molecule has 0 aromatic heterocycles. The second-order valence-electron chi connectivity index (χ2n) is 7.06. The maximum atomic E-state index is 13.6. The van der Waals surface area contributed by atoms with Crippen molar-refractivity contribution in [2.45, 2.75) is 44.0 Å². The monoisotopic (exact) mass is 418 g/mol. The minimum Gasteiger partial charge on any atom is -0.324 e. The van der Waals surface area contributed by atoms with Crippen molar-refractivity contribution in [3.05, 3.63) is 53.8 Å². The van der Waals surface area contributed by atoms with Gasteiger partial charge in [0.1, 0.15) is 5.82 Å². The first kappa shape index (κ1) is 21.0. The topological polar surface area (TPSA) is 83.6 Å². The Morgan fingerprint density at radius 3 is 2.62 bits per heavy atom. The van der Waals surface area contributed by atoms with Crippen molar-refractivity contribution in [1.82, 2.24) is 0 Å². The molecule has 1 aliphatic heterocycles. The molecule has 0 spiro atoms. The highest BCUT2D eigenvalue weighted by atomic mass is 32.2. The van der Waals surface area contributed by atoms with E-state index in [0.29, 0.717) is 12.8 Å². The molecule has 0 bridgehead atoms. The van der Waals surface area contributed by atoms with E-state index in [4.69, 9.17) is 0 Å². The average molecular weight is 418 g/mol. The summed E-state index contributed by atoms with van der Waals surface area (Å²) in [5, 5.41) is 2.38. The maximum absolute atomic E-state index is 13.6. The van der Waals surface area contributed by atoms with Crippen LogP contribution in [0.15, 0.2) is 47.4 Å². The molecule has 6 nitrogen and oxygen atoms in total. The number of halogens is 1. The molecule has 2 amide bonds. The van der Waals surface area contributed by atoms with E-state index in [-0.39, 0.29) is 34.7 Å². The summed E-state index contributed by atoms with van der Waals surface area (Å²) in [6, 6.07) is 10.4. The first-order valence-electron chi connectivity index (χ1n) is 9.45. The number of hydrogen-bond donors (Lipinski definition) is 1. The highest BCUT2D eigenvalue weighted by Gasteiger charge is 2.31. The van der Waals surface area contributed by atoms with Crippen LogP contribution < -0.4 is 10.2 Å². The van der Waals surface area contributed by atoms with Gasteiger partial charge in [-0.3, -0.25) is 9.59 Å². The van der Waals surface area contributed by atoms with Gasteiger partial charge in [0, 0.05) is 24.6 Å². The van der Waals surface area contributed by atoms with E-state index in [1.54, 1.807) is 30.0 Å². The third-order valence-electron chi connectivity index (χ3n) is 4.94. The molecule has 1 aliphatic rings. The van der Waals surface area contributed by atoms with E-state index >= 15 is 0 Å². The molecule has 2 aromatic carbocycles. The Kier molecular flexibility index (Phi) is 6.02. The molecule has 3 rings (SSSR count). The minimum atomic E-state index is -3.70. The molecule has 0 unspecified atom stereocenters. The van der Waals surface area contributed by atoms with Gasteiger partial charge in [-0.25, -0.2) is 12.8 Å². The van der Waals surface area contributed by atoms with E-state index in [9.17, 15) is 22.4 Å². The second-order valence-corrected chi connectivity index (χ2v) is 9.17. The molecule has 1 atom stereocenters. The lowest BCUT2D eigenvalue weighted by molar-refractivity contribution is -0.118. The maximum Gasteiger partial charge on any atom is 0.226 e. The fraction of sp³-hybridized carbons (Fsp3) is 0.333. The van der Waals surface area contributed by atoms with Crippen LogP contribution in [0.25, 0.3) is 0 Å². The minimum absolute atomic E-state index is 0.00308. The summed E-state index contributed by atoms with van der Waals surface area (Å²) in [6.45, 7) is 3.72. The molecule has 29 heavy (non-hydrogen) atoms. The zero-order chi connectivity index (χ0) is 21.2. The van der Waals surface area contributed by atoms with Crippen LogP contribution in [0.3, 0.4) is 0 Å². The number of amides is 2. The van der Waals surface area contributed by atoms with Crippen LogP contribution in [-0.2, 0) is 25.8 Å². The van der Waals surface area contributed by atoms with Crippen molar-refractivity contribution in [2.24, 2.45) is 0 Å². The summed E-state index contributed by atoms with van der Waals surface area (Å²) in [4.78, 5) is 26.0. The van der Waals surface area contributed by atoms with Gasteiger partial charge in [0.25, 0.3) is 0 Å². The zero-order valence-electron chi connectivity index (χ0n) is 16.3. The molecule has 2 aromatic rings. The Bertz CT molecular complexity index is 1050. The predicted molar refractivity (Wildman–Crippen MR) is 109 cm³/mol. The van der Waals surface area contributed by atoms with Crippen LogP contribution in [0.1, 0.15) is 32.3 Å². The Balaban J connectivity index is 1.71. The van der Waals surface area contributed by atoms with Gasteiger partial charge in [-0.05, 0) is 49.2 Å². The van der Waals surface area contributed by atoms with Gasteiger partial charge in [0.2, 0.25) is 11.8 Å². The third-order valence-corrected chi connectivity index (χ3v) is 6.66. The van der Waals surface area contributed by atoms with Gasteiger partial charge in [0.15, 0.2) is 9.84 Å². The number of nitrogens with zero attached hydrogens (tertiary/aromatic N) is 1. The van der Waals surface area contributed by atoms with Crippen LogP contribution in [0, 0.1) is 5.82 Å². The molecule has 0 fully saturated rings. The van der Waals surface area contributed by atoms with Crippen LogP contribution in [0.4, 0.5) is 15.8 Å². The lowest BCUT2D eigenvalue weighted by atomic mass is 10.1. The van der Waals surface area contributed by atoms with E-state index in [1.807, 2.05) is 6.92 Å². The summed E-state index contributed by atoms with van der Waals surface area (Å²) in [6.07, 6.45) is 0.670. The molecule has 0 saturated carbocycles. The van der Waals surface area contributed by atoms with E-state index < -0.39 is 21.6 Å². The lowest BCUT2D eigenvalue weighted by Gasteiger charge is -2.22. The van der Waals surface area contributed by atoms with Crippen molar-refractivity contribution >= 4 is 33.0 Å². The molecular weight excluding hydrogens is 395 g/mol. The van der Waals surface area contributed by atoms with Crippen molar-refractivity contribution in [3.63, 3.8) is 0 Å². The molecule has 0 saturated heterocycles. The summed E-state index contributed by atoms with van der Waals surface area (Å²) in [5.74, 6) is -1.55. The first-order chi connectivity index (χ1) is 13.7. The Labute approximate surface area is 169 Å². The summed E-state index contributed by atoms with van der Waals surface area (Å²) in [5.41, 5.74) is 1.55. The van der Waals surface area contributed by atoms with Crippen LogP contribution in [-0.4, -0.2) is 32.0 Å². The number of sulfone groups is 1. The van der Waals surface area contributed by atoms with E-state index in [0.717, 1.165) is 11.3 Å². The van der Waals surface area contributed by atoms with Crippen LogP contribution in [0.2, 0.25) is 0 Å². The molecule has 8 heteroatoms. The summed E-state index contributed by atoms with van der Waals surface area (Å²) < 4.78 is 38.9. The molecule has 0 aliphatic carbocycles. The van der Waals surface area contributed by atoms with Crippen LogP contribution >= 0.6 is 0 Å². The predicted octanol–water partition coefficient (Wildman–Crippen LogP) is 3.32. The number of hydrogen-bond acceptors (Lipinski definition) is 4. The van der Waals surface area contributed by atoms with E-state index in [2.05, 4.69) is 5.32 Å². The van der Waals surface area contributed by atoms with Crippen molar-refractivity contribution in [1.29, 1.82) is 0 Å². The van der Waals surface area contributed by atoms with Crippen molar-refractivity contribution in [2.75, 3.05) is 16.0 Å². The standard InChI is InChI=1S/C21H23FN2O4S/c1-3-21(26)24-14(2)12-15-13-16(8-9-19(15)24)29(27,28)11-10-20(25)23-18-7-5-4-6-17(18)22/h4-9,13-14H,3,10-12H2,1-2H3,(H,23,25)/t14-/m1/s1. The fourth-order valence-electron chi connectivity index (χ4n) is 3.47. The number of benzene rings is 2. The quantitative estimate of drug-likeness (QED) is 0.780. The highest BCUT2D eigenvalue weighted by molar-refractivity contribution is 7.91. The largest absolute Gasteiger partial charge is 0.324 e. The van der Waals surface area contributed by atoms with Gasteiger partial charge in [-0.1, -0.05) is 19.1 Å². The van der Waals surface area contributed by atoms with Crippen molar-refractivity contribution < 1.29 is 22.4 Å². The van der Waals surface area contributed by atoms with Gasteiger partial charge in [0.05, 0.1) is 16.3 Å². The van der Waals surface area contributed by atoms with E-state index in [1.165, 1.54) is 24.3 Å². The number of carbonyl (C=O) groups is 2. The Morgan fingerprint density at radius 1 is 1.21 bits per heavy atom. The smallest absolute Gasteiger partial charge is 0.226 e. The average Bonchev–Trinajstić information content (AvgIpc) is 3.02. The normalized spacial score (nSPS) is 15.8. The van der Waals surface area contributed by atoms with Gasteiger partial charge in [-0.2, -0.15) is 0 Å². The number of fused-ring (bicyclic) bond motifs is 1. The molecular formula is C21H23FN2O4S. The number of rotatable bonds is 6. The first-order valence-corrected chi connectivity index (χ1v) is 11.1. The SMILES string of the molecule is CCC(=O)N1c2ccc(S(=O)(=O)CCC(=O)Nc3ccccc3F)cc2C[C@H]1C. The Hall–Kier alpha value is -2.74. The lowest BCUT2D eigenvalue weighted by Crippen LogP contribution is -2.35. The third kappa shape index (κ3) is 4.48. The molecule has 154 valence electrons. The Morgan fingerprint density at radius 2 is 1.93 bits per heavy atom. The number of anilines is 2. The highest BCUT2D eigenvalue weighted by Crippen LogP contribution is 2.34. The second kappa shape index (κ2) is 8.32. The molecule has 1 heterocycles. The fourth-order valence-corrected chi connectivity index (χ4v) is 4.76.